The summed E-state index contributed by atoms with van der Waals surface area (Å²) < 4.78 is 0. The fourth-order valence-electron chi connectivity index (χ4n) is 3.42. The van der Waals surface area contributed by atoms with E-state index in [1.165, 1.54) is 23.3 Å². The number of aliphatic hydroxyl groups excluding tert-OH is 1. The van der Waals surface area contributed by atoms with Crippen LogP contribution >= 0.6 is 11.3 Å². The topological polar surface area (TPSA) is 69.2 Å². The maximum absolute atomic E-state index is 12.5. The van der Waals surface area contributed by atoms with Crippen LogP contribution in [0.1, 0.15) is 49.4 Å². The van der Waals surface area contributed by atoms with Crippen LogP contribution in [0.15, 0.2) is 4.79 Å². The Balaban J connectivity index is 1.91. The van der Waals surface area contributed by atoms with Gasteiger partial charge in [0, 0.05) is 11.4 Å². The number of fused-ring (bicyclic) bond motifs is 3. The lowest BCUT2D eigenvalue weighted by molar-refractivity contribution is 0.121. The molecule has 0 aliphatic heterocycles. The minimum Gasteiger partial charge on any atom is -0.392 e. The number of aryl methyl sites for hydroxylation is 2. The highest BCUT2D eigenvalue weighted by molar-refractivity contribution is 7.18. The van der Waals surface area contributed by atoms with Crippen LogP contribution in [0, 0.1) is 0 Å². The molecule has 2 N–H and O–H groups in total. The van der Waals surface area contributed by atoms with E-state index in [1.54, 1.807) is 18.3 Å². The van der Waals surface area contributed by atoms with E-state index in [9.17, 15) is 9.90 Å². The number of aromatic amines is 1. The van der Waals surface area contributed by atoms with Gasteiger partial charge in [-0.05, 0) is 51.1 Å². The Morgan fingerprint density at radius 3 is 2.91 bits per heavy atom. The molecule has 23 heavy (non-hydrogen) atoms. The molecule has 0 amide bonds. The third-order valence-corrected chi connectivity index (χ3v) is 5.50. The highest BCUT2D eigenvalue weighted by Crippen LogP contribution is 2.33. The average molecular weight is 335 g/mol. The van der Waals surface area contributed by atoms with Crippen LogP contribution < -0.4 is 5.56 Å². The lowest BCUT2D eigenvalue weighted by Crippen LogP contribution is -2.32. The van der Waals surface area contributed by atoms with Gasteiger partial charge in [0.1, 0.15) is 10.7 Å². The fraction of sp³-hybridized carbons (Fsp3) is 0.647. The molecule has 2 heterocycles. The van der Waals surface area contributed by atoms with Crippen LogP contribution in [0.4, 0.5) is 0 Å². The van der Waals surface area contributed by atoms with Crippen LogP contribution in [-0.2, 0) is 19.4 Å². The molecule has 0 spiro atoms. The Labute approximate surface area is 140 Å². The third-order valence-electron chi connectivity index (χ3n) is 4.31. The Morgan fingerprint density at radius 1 is 1.39 bits per heavy atom. The molecule has 0 fully saturated rings. The smallest absolute Gasteiger partial charge is 0.259 e. The molecule has 0 aromatic carbocycles. The van der Waals surface area contributed by atoms with E-state index in [1.807, 2.05) is 0 Å². The van der Waals surface area contributed by atoms with Crippen LogP contribution in [-0.4, -0.2) is 39.2 Å². The molecular formula is C17H25N3O2S. The van der Waals surface area contributed by atoms with E-state index in [-0.39, 0.29) is 11.7 Å². The molecule has 0 bridgehead atoms. The summed E-state index contributed by atoms with van der Waals surface area (Å²) in [6.45, 7) is 5.95. The maximum Gasteiger partial charge on any atom is 0.259 e. The predicted octanol–water partition coefficient (Wildman–Crippen LogP) is 2.46. The fourth-order valence-corrected chi connectivity index (χ4v) is 4.70. The lowest BCUT2D eigenvalue weighted by atomic mass is 9.97. The highest BCUT2D eigenvalue weighted by Gasteiger charge is 2.20. The van der Waals surface area contributed by atoms with Gasteiger partial charge in [-0.1, -0.05) is 6.92 Å². The normalized spacial score (nSPS) is 16.0. The van der Waals surface area contributed by atoms with Crippen molar-refractivity contribution < 1.29 is 5.11 Å². The Kier molecular flexibility index (Phi) is 5.14. The van der Waals surface area contributed by atoms with Crippen LogP contribution in [0.3, 0.4) is 0 Å². The third kappa shape index (κ3) is 3.65. The van der Waals surface area contributed by atoms with Gasteiger partial charge < -0.3 is 10.1 Å². The van der Waals surface area contributed by atoms with Crippen molar-refractivity contribution >= 4 is 21.6 Å². The molecule has 0 saturated heterocycles. The van der Waals surface area contributed by atoms with Gasteiger partial charge >= 0.3 is 0 Å². The monoisotopic (exact) mass is 335 g/mol. The van der Waals surface area contributed by atoms with Crippen molar-refractivity contribution in [3.05, 3.63) is 26.6 Å². The zero-order valence-corrected chi connectivity index (χ0v) is 14.7. The second-order valence-corrected chi connectivity index (χ2v) is 7.57. The molecule has 1 aliphatic rings. The van der Waals surface area contributed by atoms with Gasteiger partial charge in [-0.25, -0.2) is 4.98 Å². The van der Waals surface area contributed by atoms with Gasteiger partial charge in [-0.2, -0.15) is 0 Å². The first-order valence-electron chi connectivity index (χ1n) is 8.52. The molecule has 1 unspecified atom stereocenters. The van der Waals surface area contributed by atoms with Gasteiger partial charge in [0.15, 0.2) is 0 Å². The quantitative estimate of drug-likeness (QED) is 0.851. The van der Waals surface area contributed by atoms with E-state index in [2.05, 4.69) is 16.8 Å². The number of nitrogens with one attached hydrogen (secondary N) is 1. The molecule has 1 aliphatic carbocycles. The van der Waals surface area contributed by atoms with Crippen molar-refractivity contribution in [3.8, 4) is 0 Å². The van der Waals surface area contributed by atoms with E-state index >= 15 is 0 Å². The van der Waals surface area contributed by atoms with Crippen LogP contribution in [0.2, 0.25) is 0 Å². The second kappa shape index (κ2) is 7.11. The van der Waals surface area contributed by atoms with Crippen molar-refractivity contribution in [2.24, 2.45) is 0 Å². The zero-order chi connectivity index (χ0) is 16.4. The van der Waals surface area contributed by atoms with Crippen molar-refractivity contribution in [1.29, 1.82) is 0 Å². The van der Waals surface area contributed by atoms with Crippen molar-refractivity contribution in [2.45, 2.75) is 58.6 Å². The number of aliphatic hydroxyl groups is 1. The summed E-state index contributed by atoms with van der Waals surface area (Å²) in [5.41, 5.74) is 1.23. The molecule has 2 aromatic rings. The van der Waals surface area contributed by atoms with Crippen LogP contribution in [0.5, 0.6) is 0 Å². The van der Waals surface area contributed by atoms with Gasteiger partial charge in [-0.3, -0.25) is 9.69 Å². The summed E-state index contributed by atoms with van der Waals surface area (Å²) in [6, 6.07) is 0. The molecule has 6 heteroatoms. The minimum absolute atomic E-state index is 0.00195. The SMILES string of the molecule is CCCN(Cc1nc2sc3c(c2c(=O)[nH]1)CCCC3)CC(C)O. The maximum atomic E-state index is 12.5. The van der Waals surface area contributed by atoms with E-state index < -0.39 is 0 Å². The van der Waals surface area contributed by atoms with E-state index in [4.69, 9.17) is 4.98 Å². The van der Waals surface area contributed by atoms with Crippen molar-refractivity contribution in [2.75, 3.05) is 13.1 Å². The van der Waals surface area contributed by atoms with Crippen molar-refractivity contribution in [3.63, 3.8) is 0 Å². The molecule has 1 atom stereocenters. The first-order chi connectivity index (χ1) is 11.1. The Bertz CT molecular complexity index is 735. The second-order valence-electron chi connectivity index (χ2n) is 6.49. The summed E-state index contributed by atoms with van der Waals surface area (Å²) in [5.74, 6) is 0.704. The summed E-state index contributed by atoms with van der Waals surface area (Å²) in [4.78, 5) is 24.6. The largest absolute Gasteiger partial charge is 0.392 e. The highest BCUT2D eigenvalue weighted by atomic mass is 32.1. The van der Waals surface area contributed by atoms with Crippen LogP contribution in [0.25, 0.3) is 10.2 Å². The summed E-state index contributed by atoms with van der Waals surface area (Å²) in [5, 5.41) is 10.4. The summed E-state index contributed by atoms with van der Waals surface area (Å²) in [6.07, 6.45) is 5.08. The summed E-state index contributed by atoms with van der Waals surface area (Å²) >= 11 is 1.68. The lowest BCUT2D eigenvalue weighted by Gasteiger charge is -2.22. The van der Waals surface area contributed by atoms with E-state index in [0.29, 0.717) is 18.9 Å². The van der Waals surface area contributed by atoms with Gasteiger partial charge in [0.25, 0.3) is 5.56 Å². The minimum atomic E-state index is -0.383. The molecule has 2 aromatic heterocycles. The first-order valence-corrected chi connectivity index (χ1v) is 9.34. The first kappa shape index (κ1) is 16.6. The van der Waals surface area contributed by atoms with E-state index in [0.717, 1.165) is 36.0 Å². The van der Waals surface area contributed by atoms with Gasteiger partial charge in [-0.15, -0.1) is 11.3 Å². The average Bonchev–Trinajstić information content (AvgIpc) is 2.85. The van der Waals surface area contributed by atoms with Gasteiger partial charge in [0.2, 0.25) is 0 Å². The standard InChI is InChI=1S/C17H25N3O2S/c1-3-8-20(9-11(2)21)10-14-18-16(22)15-12-6-4-5-7-13(12)23-17(15)19-14/h11,21H,3-10H2,1-2H3,(H,18,19,22). The molecule has 5 nitrogen and oxygen atoms in total. The summed E-state index contributed by atoms with van der Waals surface area (Å²) in [7, 11) is 0. The molecule has 126 valence electrons. The molecule has 3 rings (SSSR count). The number of hydrogen-bond donors (Lipinski definition) is 2. The Hall–Kier alpha value is -1.24. The molecule has 0 radical (unpaired) electrons. The number of nitrogens with zero attached hydrogens (tertiary/aromatic N) is 2. The number of hydrogen-bond acceptors (Lipinski definition) is 5. The molecule has 0 saturated carbocycles. The number of rotatable bonds is 6. The predicted molar refractivity (Wildman–Crippen MR) is 94.1 cm³/mol. The van der Waals surface area contributed by atoms with Crippen molar-refractivity contribution in [1.82, 2.24) is 14.9 Å². The zero-order valence-electron chi connectivity index (χ0n) is 13.9. The Morgan fingerprint density at radius 2 is 2.17 bits per heavy atom. The number of aromatic nitrogens is 2. The number of H-pyrrole nitrogens is 1. The number of thiophene rings is 1. The van der Waals surface area contributed by atoms with Gasteiger partial charge in [0.05, 0.1) is 18.0 Å². The molecular weight excluding hydrogens is 310 g/mol.